The SMILES string of the molecule is CCCCCCCCCCCCSc1c(F)c(F)c(S(=O)(=O)ON2C(=O)c3cccc4cc(CCCC)cc(c34)C2=O)c(F)c1F. The van der Waals surface area contributed by atoms with Gasteiger partial charge in [-0.05, 0) is 48.1 Å². The highest BCUT2D eigenvalue weighted by Gasteiger charge is 2.41. The summed E-state index contributed by atoms with van der Waals surface area (Å²) in [5, 5.41) is 0.698. The van der Waals surface area contributed by atoms with Gasteiger partial charge in [0.2, 0.25) is 0 Å². The molecule has 1 heterocycles. The highest BCUT2D eigenvalue weighted by molar-refractivity contribution is 7.99. The quantitative estimate of drug-likeness (QED) is 0.0437. The molecule has 1 aliphatic rings. The molecule has 6 nitrogen and oxygen atoms in total. The number of hydrogen-bond donors (Lipinski definition) is 0. The second kappa shape index (κ2) is 16.2. The third-order valence-corrected chi connectivity index (χ3v) is 10.4. The highest BCUT2D eigenvalue weighted by Crippen LogP contribution is 2.37. The van der Waals surface area contributed by atoms with Crippen LogP contribution in [0.15, 0.2) is 40.1 Å². The number of carbonyl (C=O) groups is 2. The molecule has 0 saturated carbocycles. The zero-order valence-electron chi connectivity index (χ0n) is 26.1. The number of benzene rings is 3. The van der Waals surface area contributed by atoms with Gasteiger partial charge in [-0.1, -0.05) is 96.3 Å². The van der Waals surface area contributed by atoms with Crippen LogP contribution < -0.4 is 0 Å². The van der Waals surface area contributed by atoms with Gasteiger partial charge in [0, 0.05) is 5.39 Å². The minimum absolute atomic E-state index is 0.0500. The molecule has 0 fully saturated rings. The molecule has 0 aromatic heterocycles. The second-order valence-electron chi connectivity index (χ2n) is 11.5. The first-order valence-corrected chi connectivity index (χ1v) is 18.3. The summed E-state index contributed by atoms with van der Waals surface area (Å²) in [6, 6.07) is 7.88. The van der Waals surface area contributed by atoms with Crippen molar-refractivity contribution in [1.82, 2.24) is 5.06 Å². The number of hydroxylamine groups is 2. The summed E-state index contributed by atoms with van der Waals surface area (Å²) in [4.78, 5) is 23.5. The molecule has 0 bridgehead atoms. The van der Waals surface area contributed by atoms with Crippen LogP contribution in [-0.4, -0.2) is 31.0 Å². The van der Waals surface area contributed by atoms with Crippen LogP contribution in [0.1, 0.15) is 117 Å². The fourth-order valence-electron chi connectivity index (χ4n) is 5.58. The number of amides is 2. The van der Waals surface area contributed by atoms with Crippen LogP contribution in [0, 0.1) is 23.3 Å². The Kier molecular flexibility index (Phi) is 12.7. The first-order chi connectivity index (χ1) is 22.0. The lowest BCUT2D eigenvalue weighted by Gasteiger charge is -2.26. The molecule has 46 heavy (non-hydrogen) atoms. The first kappa shape index (κ1) is 35.9. The van der Waals surface area contributed by atoms with Crippen LogP contribution in [0.2, 0.25) is 0 Å². The summed E-state index contributed by atoms with van der Waals surface area (Å²) in [5.41, 5.74) is 0.617. The van der Waals surface area contributed by atoms with E-state index < -0.39 is 55.0 Å². The van der Waals surface area contributed by atoms with Gasteiger partial charge in [-0.3, -0.25) is 9.59 Å². The van der Waals surface area contributed by atoms with E-state index >= 15 is 8.78 Å². The maximum atomic E-state index is 15.1. The number of rotatable bonds is 18. The summed E-state index contributed by atoms with van der Waals surface area (Å²) in [5.74, 6) is -10.4. The fourth-order valence-corrected chi connectivity index (χ4v) is 7.59. The van der Waals surface area contributed by atoms with Crippen LogP contribution in [-0.2, 0) is 20.8 Å². The van der Waals surface area contributed by atoms with Crippen molar-refractivity contribution in [2.45, 2.75) is 107 Å². The Balaban J connectivity index is 1.48. The van der Waals surface area contributed by atoms with E-state index in [1.807, 2.05) is 13.0 Å². The molecule has 0 unspecified atom stereocenters. The van der Waals surface area contributed by atoms with Crippen molar-refractivity contribution in [2.24, 2.45) is 0 Å². The van der Waals surface area contributed by atoms with Crippen molar-refractivity contribution in [2.75, 3.05) is 5.75 Å². The Morgan fingerprint density at radius 3 is 1.89 bits per heavy atom. The first-order valence-electron chi connectivity index (χ1n) is 15.9. The van der Waals surface area contributed by atoms with E-state index in [4.69, 9.17) is 0 Å². The molecule has 3 aromatic rings. The van der Waals surface area contributed by atoms with Crippen LogP contribution >= 0.6 is 11.8 Å². The normalized spacial score (nSPS) is 13.3. The topological polar surface area (TPSA) is 80.8 Å². The summed E-state index contributed by atoms with van der Waals surface area (Å²) < 4.78 is 91.1. The molecule has 1 aliphatic heterocycles. The number of carbonyl (C=O) groups excluding carboxylic acids is 2. The van der Waals surface area contributed by atoms with Crippen LogP contribution in [0.4, 0.5) is 17.6 Å². The lowest BCUT2D eigenvalue weighted by Crippen LogP contribution is -2.42. The molecule has 3 aromatic carbocycles. The standard InChI is InChI=1S/C34H39F4NO5S2/c1-3-5-7-8-9-10-11-12-13-14-19-45-31-27(35)29(37)32(30(38)28(31)36)46(42,43)44-39-33(40)24-18-15-17-23-20-22(16-6-4-2)21-25(26(23)24)34(39)41/h15,17-18,20-21H,3-14,16,19H2,1-2H3. The number of thioether (sulfide) groups is 1. The van der Waals surface area contributed by atoms with Crippen molar-refractivity contribution < 1.29 is 39.9 Å². The molecule has 12 heteroatoms. The minimum Gasteiger partial charge on any atom is -0.266 e. The lowest BCUT2D eigenvalue weighted by atomic mass is 9.92. The summed E-state index contributed by atoms with van der Waals surface area (Å²) in [7, 11) is -5.75. The average Bonchev–Trinajstić information content (AvgIpc) is 3.03. The van der Waals surface area contributed by atoms with E-state index in [1.165, 1.54) is 43.9 Å². The Labute approximate surface area is 272 Å². The largest absolute Gasteiger partial charge is 0.324 e. The van der Waals surface area contributed by atoms with Crippen LogP contribution in [0.3, 0.4) is 0 Å². The lowest BCUT2D eigenvalue weighted by molar-refractivity contribution is -0.0159. The van der Waals surface area contributed by atoms with E-state index in [-0.39, 0.29) is 27.3 Å². The molecule has 0 radical (unpaired) electrons. The molecular formula is C34H39F4NO5S2. The average molecular weight is 682 g/mol. The molecule has 0 aliphatic carbocycles. The number of unbranched alkanes of at least 4 members (excludes halogenated alkanes) is 10. The predicted molar refractivity (Wildman–Crippen MR) is 170 cm³/mol. The predicted octanol–water partition coefficient (Wildman–Crippen LogP) is 9.67. The van der Waals surface area contributed by atoms with E-state index in [1.54, 1.807) is 6.07 Å². The van der Waals surface area contributed by atoms with Gasteiger partial charge in [-0.25, -0.2) is 17.6 Å². The van der Waals surface area contributed by atoms with E-state index in [0.717, 1.165) is 50.5 Å². The zero-order valence-corrected chi connectivity index (χ0v) is 27.7. The van der Waals surface area contributed by atoms with Crippen LogP contribution in [0.5, 0.6) is 0 Å². The van der Waals surface area contributed by atoms with E-state index in [2.05, 4.69) is 11.2 Å². The van der Waals surface area contributed by atoms with Crippen molar-refractivity contribution in [3.8, 4) is 0 Å². The molecule has 0 N–H and O–H groups in total. The Morgan fingerprint density at radius 2 is 1.28 bits per heavy atom. The van der Waals surface area contributed by atoms with Gasteiger partial charge in [0.15, 0.2) is 28.2 Å². The summed E-state index contributed by atoms with van der Waals surface area (Å²) >= 11 is 0.547. The van der Waals surface area contributed by atoms with Crippen molar-refractivity contribution in [1.29, 1.82) is 0 Å². The molecule has 2 amide bonds. The van der Waals surface area contributed by atoms with E-state index in [9.17, 15) is 26.8 Å². The maximum absolute atomic E-state index is 15.1. The van der Waals surface area contributed by atoms with Gasteiger partial charge >= 0.3 is 10.1 Å². The van der Waals surface area contributed by atoms with Crippen LogP contribution in [0.25, 0.3) is 10.8 Å². The highest BCUT2D eigenvalue weighted by atomic mass is 32.2. The monoisotopic (exact) mass is 681 g/mol. The molecule has 0 spiro atoms. The summed E-state index contributed by atoms with van der Waals surface area (Å²) in [6.45, 7) is 4.15. The van der Waals surface area contributed by atoms with Gasteiger partial charge < -0.3 is 0 Å². The number of halogens is 4. The minimum atomic E-state index is -5.75. The number of aryl methyl sites for hydroxylation is 1. The Hall–Kier alpha value is -2.96. The number of nitrogens with zero attached hydrogens (tertiary/aromatic N) is 1. The fraction of sp³-hybridized carbons (Fsp3) is 0.471. The third-order valence-electron chi connectivity index (χ3n) is 8.04. The van der Waals surface area contributed by atoms with Gasteiger partial charge in [-0.2, -0.15) is 8.42 Å². The number of imide groups is 1. The van der Waals surface area contributed by atoms with Gasteiger partial charge in [0.1, 0.15) is 0 Å². The molecule has 0 atom stereocenters. The van der Waals surface area contributed by atoms with Crippen molar-refractivity contribution in [3.05, 3.63) is 70.3 Å². The molecule has 0 saturated heterocycles. The zero-order chi connectivity index (χ0) is 33.4. The van der Waals surface area contributed by atoms with Crippen molar-refractivity contribution in [3.63, 3.8) is 0 Å². The Bertz CT molecular complexity index is 1670. The second-order valence-corrected chi connectivity index (χ2v) is 14.1. The van der Waals surface area contributed by atoms with E-state index in [0.29, 0.717) is 30.0 Å². The maximum Gasteiger partial charge on any atom is 0.324 e. The van der Waals surface area contributed by atoms with Gasteiger partial charge in [0.25, 0.3) is 11.8 Å². The third kappa shape index (κ3) is 7.94. The Morgan fingerprint density at radius 1 is 0.717 bits per heavy atom. The van der Waals surface area contributed by atoms with Gasteiger partial charge in [0.05, 0.1) is 16.0 Å². The molecule has 4 rings (SSSR count). The smallest absolute Gasteiger partial charge is 0.266 e. The van der Waals surface area contributed by atoms with Gasteiger partial charge in [-0.15, -0.1) is 21.1 Å². The summed E-state index contributed by atoms with van der Waals surface area (Å²) in [6.07, 6.45) is 12.6. The number of hydrogen-bond acceptors (Lipinski definition) is 6. The molecule has 250 valence electrons. The molecular weight excluding hydrogens is 643 g/mol. The van der Waals surface area contributed by atoms with Crippen molar-refractivity contribution >= 4 is 44.5 Å².